The van der Waals surface area contributed by atoms with E-state index in [1.54, 1.807) is 18.3 Å². The maximum absolute atomic E-state index is 12.2. The van der Waals surface area contributed by atoms with Crippen LogP contribution in [-0.2, 0) is 4.43 Å². The fourth-order valence-electron chi connectivity index (χ4n) is 4.51. The molecule has 1 saturated carbocycles. The van der Waals surface area contributed by atoms with Crippen molar-refractivity contribution in [3.63, 3.8) is 0 Å². The molecule has 1 aliphatic heterocycles. The van der Waals surface area contributed by atoms with Crippen molar-refractivity contribution in [1.29, 1.82) is 5.26 Å². The Bertz CT molecular complexity index is 1320. The van der Waals surface area contributed by atoms with Gasteiger partial charge in [0.2, 0.25) is 0 Å². The highest BCUT2D eigenvalue weighted by Crippen LogP contribution is 2.35. The number of halogens is 1. The molecule has 2 fully saturated rings. The zero-order chi connectivity index (χ0) is 25.6. The lowest BCUT2D eigenvalue weighted by Gasteiger charge is -2.22. The Kier molecular flexibility index (Phi) is 8.26. The average molecular weight is 611 g/mol. The number of hydrogen-bond acceptors (Lipinski definition) is 6. The molecule has 1 aliphatic carbocycles. The van der Waals surface area contributed by atoms with Gasteiger partial charge in [-0.25, -0.2) is 4.79 Å². The number of piperidine rings is 1. The van der Waals surface area contributed by atoms with Gasteiger partial charge in [0.05, 0.1) is 17.7 Å². The number of carbonyl (C=O) groups is 1. The maximum Gasteiger partial charge on any atom is 0.319 e. The summed E-state index contributed by atoms with van der Waals surface area (Å²) >= 11 is 2.27. The van der Waals surface area contributed by atoms with E-state index in [-0.39, 0.29) is 6.03 Å². The Morgan fingerprint density at radius 3 is 2.73 bits per heavy atom. The quantitative estimate of drug-likeness (QED) is 0.206. The van der Waals surface area contributed by atoms with Crippen LogP contribution in [0.1, 0.15) is 43.2 Å². The fourth-order valence-corrected chi connectivity index (χ4v) is 5.15. The van der Waals surface area contributed by atoms with Crippen molar-refractivity contribution >= 4 is 45.2 Å². The molecule has 2 heterocycles. The topological polar surface area (TPSA) is 108 Å². The minimum atomic E-state index is -0.180. The minimum Gasteiger partial charge on any atom is -0.492 e. The number of carbonyl (C=O) groups excluding carboxylic acids is 1. The summed E-state index contributed by atoms with van der Waals surface area (Å²) < 4.78 is 13.0. The van der Waals surface area contributed by atoms with E-state index in [9.17, 15) is 10.1 Å². The molecule has 192 valence electrons. The number of hydrogen-bond donors (Lipinski definition) is 3. The molecule has 0 spiro atoms. The first-order valence-electron chi connectivity index (χ1n) is 12.7. The molecule has 0 radical (unpaired) electrons. The predicted molar refractivity (Wildman–Crippen MR) is 152 cm³/mol. The lowest BCUT2D eigenvalue weighted by molar-refractivity contribution is 0.251. The molecule has 2 aliphatic rings. The summed E-state index contributed by atoms with van der Waals surface area (Å²) in [5.41, 5.74) is 2.89. The Labute approximate surface area is 230 Å². The number of benzene rings is 2. The second kappa shape index (κ2) is 12.0. The molecule has 3 aromatic rings. The number of aromatic nitrogens is 1. The number of ether oxygens (including phenoxy) is 2. The van der Waals surface area contributed by atoms with Gasteiger partial charge in [-0.05, 0) is 87.0 Å². The summed E-state index contributed by atoms with van der Waals surface area (Å²) in [6, 6.07) is 13.4. The number of anilines is 1. The largest absolute Gasteiger partial charge is 0.492 e. The highest BCUT2D eigenvalue weighted by molar-refractivity contribution is 14.1. The summed E-state index contributed by atoms with van der Waals surface area (Å²) in [6.07, 6.45) is 7.08. The van der Waals surface area contributed by atoms with Crippen LogP contribution in [0.4, 0.5) is 10.5 Å². The number of fused-ring (bicyclic) bond motifs is 1. The summed E-state index contributed by atoms with van der Waals surface area (Å²) in [4.78, 5) is 16.7. The molecule has 2 aromatic carbocycles. The minimum absolute atomic E-state index is 0.180. The maximum atomic E-state index is 12.2. The monoisotopic (exact) mass is 611 g/mol. The summed E-state index contributed by atoms with van der Waals surface area (Å²) in [6.45, 7) is 2.70. The van der Waals surface area contributed by atoms with Gasteiger partial charge in [0.25, 0.3) is 0 Å². The Morgan fingerprint density at radius 1 is 1.14 bits per heavy atom. The van der Waals surface area contributed by atoms with Crippen LogP contribution in [0.5, 0.6) is 17.2 Å². The Morgan fingerprint density at radius 2 is 1.97 bits per heavy atom. The third kappa shape index (κ3) is 6.62. The Hall–Kier alpha value is -3.10. The van der Waals surface area contributed by atoms with Crippen LogP contribution in [-0.4, -0.2) is 36.8 Å². The van der Waals surface area contributed by atoms with Gasteiger partial charge in [0.1, 0.15) is 23.3 Å². The van der Waals surface area contributed by atoms with Gasteiger partial charge >= 0.3 is 6.03 Å². The van der Waals surface area contributed by atoms with Crippen LogP contribution in [0.25, 0.3) is 10.9 Å². The normalized spacial score (nSPS) is 15.7. The van der Waals surface area contributed by atoms with E-state index in [0.29, 0.717) is 51.3 Å². The molecule has 5 rings (SSSR count). The van der Waals surface area contributed by atoms with Crippen molar-refractivity contribution < 1.29 is 14.3 Å². The SMILES string of the molecule is N#Cc1cc2c(Oc3ccc(NC(=O)NC4CC4)c(CI)c3)ccnc2cc1OCCC1CCNCC1. The Balaban J connectivity index is 1.31. The van der Waals surface area contributed by atoms with Crippen LogP contribution >= 0.6 is 22.6 Å². The summed E-state index contributed by atoms with van der Waals surface area (Å²) in [5, 5.41) is 19.8. The van der Waals surface area contributed by atoms with Gasteiger partial charge in [0.15, 0.2) is 0 Å². The summed E-state index contributed by atoms with van der Waals surface area (Å²) in [5.74, 6) is 2.47. The van der Waals surface area contributed by atoms with Crippen molar-refractivity contribution in [2.75, 3.05) is 25.0 Å². The lowest BCUT2D eigenvalue weighted by Crippen LogP contribution is -2.30. The number of amides is 2. The van der Waals surface area contributed by atoms with Crippen molar-refractivity contribution in [2.45, 2.75) is 42.6 Å². The van der Waals surface area contributed by atoms with Crippen molar-refractivity contribution in [2.24, 2.45) is 5.92 Å². The molecular weight excluding hydrogens is 581 g/mol. The number of urea groups is 1. The molecule has 0 atom stereocenters. The average Bonchev–Trinajstić information content (AvgIpc) is 3.73. The number of rotatable bonds is 9. The number of pyridine rings is 1. The van der Waals surface area contributed by atoms with E-state index in [0.717, 1.165) is 49.0 Å². The highest BCUT2D eigenvalue weighted by Gasteiger charge is 2.23. The molecule has 1 aromatic heterocycles. The van der Waals surface area contributed by atoms with E-state index < -0.39 is 0 Å². The van der Waals surface area contributed by atoms with E-state index in [1.807, 2.05) is 24.3 Å². The number of nitrogens with one attached hydrogen (secondary N) is 3. The van der Waals surface area contributed by atoms with E-state index in [1.165, 1.54) is 12.8 Å². The van der Waals surface area contributed by atoms with Gasteiger partial charge in [-0.3, -0.25) is 4.98 Å². The smallest absolute Gasteiger partial charge is 0.319 e. The number of nitrogens with zero attached hydrogens (tertiary/aromatic N) is 2. The van der Waals surface area contributed by atoms with Crippen LogP contribution in [0, 0.1) is 17.2 Å². The number of alkyl halides is 1. The zero-order valence-corrected chi connectivity index (χ0v) is 22.7. The van der Waals surface area contributed by atoms with Crippen LogP contribution in [0.3, 0.4) is 0 Å². The van der Waals surface area contributed by atoms with Crippen LogP contribution in [0.15, 0.2) is 42.6 Å². The zero-order valence-electron chi connectivity index (χ0n) is 20.6. The van der Waals surface area contributed by atoms with Gasteiger partial charge in [-0.15, -0.1) is 0 Å². The molecule has 0 bridgehead atoms. The summed E-state index contributed by atoms with van der Waals surface area (Å²) in [7, 11) is 0. The standard InChI is InChI=1S/C28H30IN5O3/c29-16-19-13-22(3-4-24(19)34-28(35)33-21-1-2-21)37-26-7-11-32-25-15-27(20(17-30)14-23(25)26)36-12-8-18-5-9-31-10-6-18/h3-4,7,11,13-15,18,21,31H,1-2,5-6,8-10,12,16H2,(H2,33,34,35). The molecule has 9 heteroatoms. The molecule has 3 N–H and O–H groups in total. The van der Waals surface area contributed by atoms with Crippen LogP contribution < -0.4 is 25.4 Å². The highest BCUT2D eigenvalue weighted by atomic mass is 127. The van der Waals surface area contributed by atoms with E-state index in [4.69, 9.17) is 9.47 Å². The molecule has 2 amide bonds. The van der Waals surface area contributed by atoms with Crippen molar-refractivity contribution in [3.8, 4) is 23.3 Å². The third-order valence-electron chi connectivity index (χ3n) is 6.77. The fraction of sp³-hybridized carbons (Fsp3) is 0.393. The molecule has 8 nitrogen and oxygen atoms in total. The number of nitriles is 1. The van der Waals surface area contributed by atoms with Crippen molar-refractivity contribution in [3.05, 3.63) is 53.7 Å². The first-order chi connectivity index (χ1) is 18.1. The lowest BCUT2D eigenvalue weighted by atomic mass is 9.95. The molecule has 0 unspecified atom stereocenters. The van der Waals surface area contributed by atoms with E-state index >= 15 is 0 Å². The van der Waals surface area contributed by atoms with E-state index in [2.05, 4.69) is 49.6 Å². The predicted octanol–water partition coefficient (Wildman–Crippen LogP) is 5.89. The third-order valence-corrected chi connectivity index (χ3v) is 7.60. The second-order valence-corrected chi connectivity index (χ2v) is 10.3. The van der Waals surface area contributed by atoms with Gasteiger partial charge < -0.3 is 25.4 Å². The van der Waals surface area contributed by atoms with Gasteiger partial charge in [0, 0.05) is 33.8 Å². The second-order valence-electron chi connectivity index (χ2n) is 9.54. The first kappa shape index (κ1) is 25.5. The van der Waals surface area contributed by atoms with Gasteiger partial charge in [-0.1, -0.05) is 22.6 Å². The van der Waals surface area contributed by atoms with Crippen LogP contribution in [0.2, 0.25) is 0 Å². The first-order valence-corrected chi connectivity index (χ1v) is 14.3. The molecule has 1 saturated heterocycles. The van der Waals surface area contributed by atoms with Crippen molar-refractivity contribution in [1.82, 2.24) is 15.6 Å². The molecule has 37 heavy (non-hydrogen) atoms. The molecular formula is C28H30IN5O3. The van der Waals surface area contributed by atoms with Gasteiger partial charge in [-0.2, -0.15) is 5.26 Å².